The Morgan fingerprint density at radius 1 is 1.43 bits per heavy atom. The fourth-order valence-electron chi connectivity index (χ4n) is 0.354. The Kier molecular flexibility index (Phi) is 1.66. The second kappa shape index (κ2) is 2.29. The summed E-state index contributed by atoms with van der Waals surface area (Å²) in [6.45, 7) is 0. The van der Waals surface area contributed by atoms with Crippen LogP contribution < -0.4 is 0 Å². The molecule has 0 spiro atoms. The van der Waals surface area contributed by atoms with Crippen LogP contribution in [0.5, 0.6) is 0 Å². The summed E-state index contributed by atoms with van der Waals surface area (Å²) in [4.78, 5) is 0. The van der Waals surface area contributed by atoms with E-state index in [-0.39, 0.29) is 4.62 Å². The summed E-state index contributed by atoms with van der Waals surface area (Å²) >= 11 is 2.00. The summed E-state index contributed by atoms with van der Waals surface area (Å²) in [6, 6.07) is 0. The molecule has 0 amide bonds. The molecule has 0 fully saturated rings. The van der Waals surface area contributed by atoms with Crippen LogP contribution in [0.3, 0.4) is 0 Å². The van der Waals surface area contributed by atoms with Gasteiger partial charge in [-0.3, -0.25) is 0 Å². The van der Waals surface area contributed by atoms with Crippen molar-refractivity contribution in [2.75, 3.05) is 0 Å². The molecule has 40 valence electrons. The van der Waals surface area contributed by atoms with Gasteiger partial charge in [0.15, 0.2) is 0 Å². The summed E-state index contributed by atoms with van der Waals surface area (Å²) in [5, 5.41) is 0. The average Bonchev–Trinajstić information content (AvgIpc) is 1.69. The first-order valence-electron chi connectivity index (χ1n) is 2.00. The van der Waals surface area contributed by atoms with Crippen molar-refractivity contribution >= 4 is 0 Å². The van der Waals surface area contributed by atoms with Crippen LogP contribution in [0.1, 0.15) is 0 Å². The molecule has 7 heavy (non-hydrogen) atoms. The quantitative estimate of drug-likeness (QED) is 0.639. The monoisotopic (exact) mass is 274 g/mol. The average molecular weight is 273 g/mol. The van der Waals surface area contributed by atoms with Crippen molar-refractivity contribution in [3.63, 3.8) is 0 Å². The van der Waals surface area contributed by atoms with Crippen LogP contribution in [0.4, 0.5) is 0 Å². The van der Waals surface area contributed by atoms with Crippen molar-refractivity contribution < 1.29 is 23.6 Å². The van der Waals surface area contributed by atoms with E-state index in [4.69, 9.17) is 4.74 Å². The number of hydrogen-bond acceptors (Lipinski definition) is 1. The molecule has 1 unspecified atom stereocenters. The second-order valence-electron chi connectivity index (χ2n) is 1.18. The Morgan fingerprint density at radius 2 is 2.29 bits per heavy atom. The van der Waals surface area contributed by atoms with Crippen molar-refractivity contribution in [2.24, 2.45) is 0 Å². The molecule has 2 heteroatoms. The third-order valence-electron chi connectivity index (χ3n) is 0.646. The normalized spacial score (nSPS) is 27.4. The predicted molar refractivity (Wildman–Crippen MR) is 23.2 cm³/mol. The van der Waals surface area contributed by atoms with Gasteiger partial charge < -0.3 is 0 Å². The van der Waals surface area contributed by atoms with E-state index in [1.165, 1.54) is 0 Å². The van der Waals surface area contributed by atoms with Crippen LogP contribution in [-0.4, -0.2) is 4.62 Å². The Bertz CT molecular complexity index is 107. The van der Waals surface area contributed by atoms with Crippen molar-refractivity contribution in [3.8, 4) is 0 Å². The van der Waals surface area contributed by atoms with Crippen molar-refractivity contribution in [2.45, 2.75) is 4.62 Å². The molecule has 0 aromatic rings. The molecule has 0 aromatic heterocycles. The summed E-state index contributed by atoms with van der Waals surface area (Å²) in [6.07, 6.45) is 7.55. The van der Waals surface area contributed by atoms with Gasteiger partial charge in [-0.25, -0.2) is 0 Å². The molecule has 0 N–H and O–H groups in total. The Balaban J connectivity index is 2.49. The van der Waals surface area contributed by atoms with Gasteiger partial charge in [0.1, 0.15) is 0 Å². The maximum absolute atomic E-state index is 5.01. The van der Waals surface area contributed by atoms with E-state index >= 15 is 0 Å². The molecule has 0 saturated heterocycles. The van der Waals surface area contributed by atoms with Gasteiger partial charge in [-0.05, 0) is 0 Å². The summed E-state index contributed by atoms with van der Waals surface area (Å²) in [7, 11) is 0. The van der Waals surface area contributed by atoms with E-state index in [9.17, 15) is 0 Å². The Morgan fingerprint density at radius 3 is 2.57 bits per heavy atom. The van der Waals surface area contributed by atoms with Crippen LogP contribution in [0.15, 0.2) is 24.5 Å². The van der Waals surface area contributed by atoms with Gasteiger partial charge in [0, 0.05) is 0 Å². The zero-order valence-corrected chi connectivity index (χ0v) is 6.02. The molecule has 1 aliphatic heterocycles. The second-order valence-corrected chi connectivity index (χ2v) is 2.54. The van der Waals surface area contributed by atoms with Gasteiger partial charge >= 0.3 is 52.7 Å². The third-order valence-corrected chi connectivity index (χ3v) is 1.43. The van der Waals surface area contributed by atoms with Gasteiger partial charge in [0.25, 0.3) is 0 Å². The fraction of sp³-hybridized carbons (Fsp3) is 0.200. The van der Waals surface area contributed by atoms with Crippen molar-refractivity contribution in [1.29, 1.82) is 0 Å². The first kappa shape index (κ1) is 5.07. The molecule has 0 radical (unpaired) electrons. The molecule has 0 aromatic carbocycles. The molecule has 0 bridgehead atoms. The van der Waals surface area contributed by atoms with Crippen LogP contribution in [0.2, 0.25) is 0 Å². The molecule has 0 aliphatic carbocycles. The van der Waals surface area contributed by atoms with Crippen molar-refractivity contribution in [3.05, 3.63) is 24.5 Å². The summed E-state index contributed by atoms with van der Waals surface area (Å²) < 4.78 is 5.28. The molecule has 1 aliphatic rings. The maximum atomic E-state index is 5.01. The zero-order valence-electron chi connectivity index (χ0n) is 3.63. The molecular formula is C5H5IrO. The molecule has 1 rings (SSSR count). The van der Waals surface area contributed by atoms with E-state index in [2.05, 4.69) is 0 Å². The van der Waals surface area contributed by atoms with Crippen LogP contribution in [0, 0.1) is 0 Å². The van der Waals surface area contributed by atoms with Gasteiger partial charge in [0.2, 0.25) is 0 Å². The standard InChI is InChI=1S/C5H5O.Ir/c1-2-4-6-5-3-1;/h1-5H;. The number of ether oxygens (including phenoxy) is 1. The Labute approximate surface area is 53.2 Å². The van der Waals surface area contributed by atoms with Gasteiger partial charge in [-0.15, -0.1) is 0 Å². The molecule has 1 heterocycles. The van der Waals surface area contributed by atoms with Crippen molar-refractivity contribution in [1.82, 2.24) is 0 Å². The minimum absolute atomic E-state index is 0.269. The molecular weight excluding hydrogens is 268 g/mol. The van der Waals surface area contributed by atoms with Crippen LogP contribution in [0.25, 0.3) is 0 Å². The van der Waals surface area contributed by atoms with Gasteiger partial charge in [-0.2, -0.15) is 0 Å². The topological polar surface area (TPSA) is 9.23 Å². The predicted octanol–water partition coefficient (Wildman–Crippen LogP) is 0.959. The third kappa shape index (κ3) is 1.46. The minimum atomic E-state index is 0.269. The number of hydrogen-bond donors (Lipinski definition) is 0. The SMILES string of the molecule is [Ir][CH]1C=CC=CO1. The van der Waals surface area contributed by atoms with E-state index < -0.39 is 0 Å². The number of rotatable bonds is 0. The van der Waals surface area contributed by atoms with E-state index in [1.807, 2.05) is 37.1 Å². The zero-order chi connectivity index (χ0) is 5.11. The molecule has 1 nitrogen and oxygen atoms in total. The Hall–Kier alpha value is -0.0706. The van der Waals surface area contributed by atoms with E-state index in [0.717, 1.165) is 0 Å². The van der Waals surface area contributed by atoms with Gasteiger partial charge in [-0.1, -0.05) is 0 Å². The fourth-order valence-corrected chi connectivity index (χ4v) is 0.808. The van der Waals surface area contributed by atoms with Crippen LogP contribution >= 0.6 is 0 Å². The molecule has 1 atom stereocenters. The van der Waals surface area contributed by atoms with Gasteiger partial charge in [0.05, 0.1) is 0 Å². The van der Waals surface area contributed by atoms with E-state index in [0.29, 0.717) is 0 Å². The molecule has 0 saturated carbocycles. The first-order valence-corrected chi connectivity index (χ1v) is 3.38. The summed E-state index contributed by atoms with van der Waals surface area (Å²) in [5.74, 6) is 0. The van der Waals surface area contributed by atoms with Crippen LogP contribution in [-0.2, 0) is 23.6 Å². The summed E-state index contributed by atoms with van der Waals surface area (Å²) in [5.41, 5.74) is 0. The first-order chi connectivity index (χ1) is 3.39. The van der Waals surface area contributed by atoms with E-state index in [1.54, 1.807) is 6.26 Å². The number of allylic oxidation sites excluding steroid dienone is 2.